The van der Waals surface area contributed by atoms with E-state index in [2.05, 4.69) is 0 Å². The van der Waals surface area contributed by atoms with Gasteiger partial charge in [-0.15, -0.1) is 0 Å². The van der Waals surface area contributed by atoms with Crippen LogP contribution in [-0.4, -0.2) is 38.0 Å². The van der Waals surface area contributed by atoms with Crippen LogP contribution in [0.15, 0.2) is 83.8 Å². The zero-order chi connectivity index (χ0) is 24.3. The van der Waals surface area contributed by atoms with Crippen molar-refractivity contribution in [3.05, 3.63) is 90.1 Å². The summed E-state index contributed by atoms with van der Waals surface area (Å²) in [6.45, 7) is 1.69. The Bertz CT molecular complexity index is 1460. The molecule has 0 radical (unpaired) electrons. The van der Waals surface area contributed by atoms with E-state index in [9.17, 15) is 18.0 Å². The lowest BCUT2D eigenvalue weighted by atomic mass is 10.2. The molecule has 0 bridgehead atoms. The lowest BCUT2D eigenvalue weighted by molar-refractivity contribution is 0.0518. The third-order valence-electron chi connectivity index (χ3n) is 5.02. The Kier molecular flexibility index (Phi) is 6.38. The van der Waals surface area contributed by atoms with Gasteiger partial charge in [0.15, 0.2) is 11.5 Å². The molecule has 4 rings (SSSR count). The summed E-state index contributed by atoms with van der Waals surface area (Å²) in [6.07, 6.45) is 0. The summed E-state index contributed by atoms with van der Waals surface area (Å²) in [6, 6.07) is 20.4. The third-order valence-corrected chi connectivity index (χ3v) is 6.76. The van der Waals surface area contributed by atoms with E-state index in [1.165, 1.54) is 37.4 Å². The van der Waals surface area contributed by atoms with Crippen LogP contribution in [0.5, 0.6) is 11.5 Å². The van der Waals surface area contributed by atoms with Crippen LogP contribution in [-0.2, 0) is 14.8 Å². The minimum Gasteiger partial charge on any atom is -0.493 e. The molecule has 0 saturated carbocycles. The predicted molar refractivity (Wildman–Crippen MR) is 125 cm³/mol. The molecule has 0 aliphatic carbocycles. The molecular formula is C25H21NO7S. The maximum Gasteiger partial charge on any atom is 0.356 e. The van der Waals surface area contributed by atoms with Gasteiger partial charge in [-0.05, 0) is 43.3 Å². The molecular weight excluding hydrogens is 458 g/mol. The summed E-state index contributed by atoms with van der Waals surface area (Å²) in [5, 5.41) is 0.347. The predicted octanol–water partition coefficient (Wildman–Crippen LogP) is 4.28. The van der Waals surface area contributed by atoms with Crippen LogP contribution < -0.4 is 9.47 Å². The van der Waals surface area contributed by atoms with E-state index in [1.807, 2.05) is 0 Å². The van der Waals surface area contributed by atoms with Crippen molar-refractivity contribution >= 4 is 32.9 Å². The van der Waals surface area contributed by atoms with Crippen LogP contribution in [0.2, 0.25) is 0 Å². The van der Waals surface area contributed by atoms with Gasteiger partial charge in [-0.2, -0.15) is 0 Å². The average Bonchev–Trinajstić information content (AvgIpc) is 3.24. The fourth-order valence-electron chi connectivity index (χ4n) is 3.47. The molecule has 0 aliphatic rings. The lowest BCUT2D eigenvalue weighted by Gasteiger charge is -2.13. The van der Waals surface area contributed by atoms with E-state index in [-0.39, 0.29) is 34.2 Å². The van der Waals surface area contributed by atoms with Gasteiger partial charge in [0, 0.05) is 11.5 Å². The summed E-state index contributed by atoms with van der Waals surface area (Å²) in [7, 11) is -2.80. The van der Waals surface area contributed by atoms with E-state index >= 15 is 0 Å². The molecule has 0 unspecified atom stereocenters. The third kappa shape index (κ3) is 4.25. The highest BCUT2D eigenvalue weighted by molar-refractivity contribution is 7.90. The molecule has 0 atom stereocenters. The summed E-state index contributed by atoms with van der Waals surface area (Å²) in [4.78, 5) is 25.3. The van der Waals surface area contributed by atoms with Crippen molar-refractivity contribution in [3.8, 4) is 11.5 Å². The van der Waals surface area contributed by atoms with Gasteiger partial charge in [-0.3, -0.25) is 0 Å². The molecule has 3 aromatic carbocycles. The SMILES string of the molecule is CCOC(=O)c1cc2cc(OC(=O)c3ccccc3)c(OC)cc2n1S(=O)(=O)c1ccccc1. The van der Waals surface area contributed by atoms with Crippen LogP contribution in [0.1, 0.15) is 27.8 Å². The van der Waals surface area contributed by atoms with Gasteiger partial charge in [0.25, 0.3) is 10.0 Å². The number of methoxy groups -OCH3 is 1. The number of hydrogen-bond donors (Lipinski definition) is 0. The van der Waals surface area contributed by atoms with Gasteiger partial charge in [0.05, 0.1) is 29.7 Å². The molecule has 9 heteroatoms. The number of carbonyl (C=O) groups is 2. The molecule has 0 saturated heterocycles. The number of benzene rings is 3. The van der Waals surface area contributed by atoms with Crippen LogP contribution in [0, 0.1) is 0 Å². The monoisotopic (exact) mass is 479 g/mol. The van der Waals surface area contributed by atoms with E-state index in [0.29, 0.717) is 10.9 Å². The van der Waals surface area contributed by atoms with Crippen molar-refractivity contribution in [2.24, 2.45) is 0 Å². The van der Waals surface area contributed by atoms with Crippen molar-refractivity contribution in [2.45, 2.75) is 11.8 Å². The number of ether oxygens (including phenoxy) is 3. The number of fused-ring (bicyclic) bond motifs is 1. The second kappa shape index (κ2) is 9.40. The fourth-order valence-corrected chi connectivity index (χ4v) is 4.98. The van der Waals surface area contributed by atoms with Gasteiger partial charge >= 0.3 is 11.9 Å². The molecule has 34 heavy (non-hydrogen) atoms. The largest absolute Gasteiger partial charge is 0.493 e. The summed E-state index contributed by atoms with van der Waals surface area (Å²) >= 11 is 0. The molecule has 0 spiro atoms. The zero-order valence-corrected chi connectivity index (χ0v) is 19.2. The highest BCUT2D eigenvalue weighted by atomic mass is 32.2. The van der Waals surface area contributed by atoms with Gasteiger partial charge in [-0.25, -0.2) is 22.0 Å². The first kappa shape index (κ1) is 23.1. The maximum absolute atomic E-state index is 13.5. The van der Waals surface area contributed by atoms with Crippen molar-refractivity contribution < 1.29 is 32.2 Å². The molecule has 1 heterocycles. The standard InChI is InChI=1S/C25H21NO7S/c1-3-32-25(28)21-14-18-15-23(33-24(27)17-10-6-4-7-11-17)22(31-2)16-20(18)26(21)34(29,30)19-12-8-5-9-13-19/h4-16H,3H2,1-2H3. The molecule has 0 N–H and O–H groups in total. The van der Waals surface area contributed by atoms with Gasteiger partial charge in [0.2, 0.25) is 0 Å². The topological polar surface area (TPSA) is 101 Å². The lowest BCUT2D eigenvalue weighted by Crippen LogP contribution is -2.19. The Balaban J connectivity index is 1.90. The number of carbonyl (C=O) groups excluding carboxylic acids is 2. The minimum atomic E-state index is -4.17. The van der Waals surface area contributed by atoms with Crippen molar-refractivity contribution in [3.63, 3.8) is 0 Å². The summed E-state index contributed by atoms with van der Waals surface area (Å²) in [5.41, 5.74) is 0.318. The molecule has 0 aliphatic heterocycles. The van der Waals surface area contributed by atoms with E-state index < -0.39 is 22.0 Å². The first-order chi connectivity index (χ1) is 16.4. The van der Waals surface area contributed by atoms with Crippen molar-refractivity contribution in [2.75, 3.05) is 13.7 Å². The minimum absolute atomic E-state index is 0.00315. The van der Waals surface area contributed by atoms with Crippen LogP contribution in [0.3, 0.4) is 0 Å². The Hall–Kier alpha value is -4.11. The Labute approximate surface area is 196 Å². The maximum atomic E-state index is 13.5. The van der Waals surface area contributed by atoms with Gasteiger partial charge < -0.3 is 14.2 Å². The normalized spacial score (nSPS) is 11.2. The van der Waals surface area contributed by atoms with E-state index in [4.69, 9.17) is 14.2 Å². The Morgan fingerprint density at radius 1 is 0.853 bits per heavy atom. The molecule has 174 valence electrons. The van der Waals surface area contributed by atoms with E-state index in [1.54, 1.807) is 55.5 Å². The quantitative estimate of drug-likeness (QED) is 0.288. The highest BCUT2D eigenvalue weighted by Crippen LogP contribution is 2.36. The second-order valence-corrected chi connectivity index (χ2v) is 8.94. The molecule has 1 aromatic heterocycles. The molecule has 8 nitrogen and oxygen atoms in total. The Morgan fingerprint density at radius 2 is 1.50 bits per heavy atom. The van der Waals surface area contributed by atoms with E-state index in [0.717, 1.165) is 3.97 Å². The second-order valence-electron chi connectivity index (χ2n) is 7.15. The highest BCUT2D eigenvalue weighted by Gasteiger charge is 2.28. The number of rotatable bonds is 7. The fraction of sp³-hybridized carbons (Fsp3) is 0.120. The molecule has 4 aromatic rings. The van der Waals surface area contributed by atoms with Crippen LogP contribution in [0.25, 0.3) is 10.9 Å². The molecule has 0 fully saturated rings. The van der Waals surface area contributed by atoms with Crippen molar-refractivity contribution in [1.82, 2.24) is 3.97 Å². The molecule has 0 amide bonds. The van der Waals surface area contributed by atoms with Crippen LogP contribution in [0.4, 0.5) is 0 Å². The smallest absolute Gasteiger partial charge is 0.356 e. The van der Waals surface area contributed by atoms with Gasteiger partial charge in [-0.1, -0.05) is 36.4 Å². The number of nitrogens with zero attached hydrogens (tertiary/aromatic N) is 1. The van der Waals surface area contributed by atoms with Crippen LogP contribution >= 0.6 is 0 Å². The number of aromatic nitrogens is 1. The van der Waals surface area contributed by atoms with Gasteiger partial charge in [0.1, 0.15) is 5.69 Å². The number of esters is 2. The zero-order valence-electron chi connectivity index (χ0n) is 18.4. The average molecular weight is 480 g/mol. The van der Waals surface area contributed by atoms with Crippen molar-refractivity contribution in [1.29, 1.82) is 0 Å². The summed E-state index contributed by atoms with van der Waals surface area (Å²) in [5.74, 6) is -1.22. The first-order valence-electron chi connectivity index (χ1n) is 10.3. The summed E-state index contributed by atoms with van der Waals surface area (Å²) < 4.78 is 43.9. The number of hydrogen-bond acceptors (Lipinski definition) is 7. The Morgan fingerprint density at radius 3 is 2.12 bits per heavy atom. The first-order valence-corrected chi connectivity index (χ1v) is 11.8.